The molecule has 0 spiro atoms. The SMILES string of the molecule is Fc1cc(Cl)cc(F)c1Cl. The Kier molecular flexibility index (Phi) is 2.11. The van der Waals surface area contributed by atoms with Crippen molar-refractivity contribution in [2.24, 2.45) is 0 Å². The molecule has 0 atom stereocenters. The first-order valence-corrected chi connectivity index (χ1v) is 3.17. The number of rotatable bonds is 0. The summed E-state index contributed by atoms with van der Waals surface area (Å²) in [5.41, 5.74) is 0. The minimum Gasteiger partial charge on any atom is -0.205 e. The molecule has 0 saturated carbocycles. The van der Waals surface area contributed by atoms with Gasteiger partial charge in [0.1, 0.15) is 16.7 Å². The van der Waals surface area contributed by atoms with E-state index in [1.807, 2.05) is 0 Å². The zero-order valence-electron chi connectivity index (χ0n) is 4.67. The zero-order valence-corrected chi connectivity index (χ0v) is 6.18. The van der Waals surface area contributed by atoms with E-state index in [-0.39, 0.29) is 5.02 Å². The maximum Gasteiger partial charge on any atom is 0.146 e. The fraction of sp³-hybridized carbons (Fsp3) is 0. The summed E-state index contributed by atoms with van der Waals surface area (Å²) in [7, 11) is 0. The van der Waals surface area contributed by atoms with Crippen LogP contribution in [0.1, 0.15) is 0 Å². The van der Waals surface area contributed by atoms with Crippen LogP contribution in [0.3, 0.4) is 0 Å². The molecule has 1 aromatic carbocycles. The van der Waals surface area contributed by atoms with Crippen LogP contribution in [0.2, 0.25) is 10.0 Å². The van der Waals surface area contributed by atoms with E-state index in [2.05, 4.69) is 0 Å². The Hall–Kier alpha value is -0.340. The van der Waals surface area contributed by atoms with Crippen LogP contribution >= 0.6 is 23.2 Å². The van der Waals surface area contributed by atoms with Gasteiger partial charge < -0.3 is 0 Å². The highest BCUT2D eigenvalue weighted by Gasteiger charge is 2.06. The van der Waals surface area contributed by atoms with E-state index in [0.29, 0.717) is 0 Å². The monoisotopic (exact) mass is 182 g/mol. The Balaban J connectivity index is 3.31. The van der Waals surface area contributed by atoms with Crippen molar-refractivity contribution in [2.75, 3.05) is 0 Å². The van der Waals surface area contributed by atoms with Gasteiger partial charge in [0.15, 0.2) is 0 Å². The Morgan fingerprint density at radius 1 is 1.00 bits per heavy atom. The van der Waals surface area contributed by atoms with Crippen molar-refractivity contribution >= 4 is 23.2 Å². The molecule has 0 aromatic heterocycles. The normalized spacial score (nSPS) is 10.0. The molecule has 0 aliphatic carbocycles. The smallest absolute Gasteiger partial charge is 0.146 e. The third kappa shape index (κ3) is 1.39. The van der Waals surface area contributed by atoms with Crippen molar-refractivity contribution in [3.63, 3.8) is 0 Å². The Morgan fingerprint density at radius 3 is 1.80 bits per heavy atom. The summed E-state index contributed by atoms with van der Waals surface area (Å²) < 4.78 is 24.8. The molecular weight excluding hydrogens is 181 g/mol. The summed E-state index contributed by atoms with van der Waals surface area (Å²) in [5, 5.41) is -0.524. The summed E-state index contributed by atoms with van der Waals surface area (Å²) in [4.78, 5) is 0. The second-order valence-electron chi connectivity index (χ2n) is 1.68. The van der Waals surface area contributed by atoms with Crippen molar-refractivity contribution in [3.05, 3.63) is 33.8 Å². The lowest BCUT2D eigenvalue weighted by atomic mass is 10.3. The van der Waals surface area contributed by atoms with Gasteiger partial charge in [0.05, 0.1) is 0 Å². The lowest BCUT2D eigenvalue weighted by Gasteiger charge is -1.95. The molecule has 0 saturated heterocycles. The topological polar surface area (TPSA) is 0 Å². The minimum atomic E-state index is -0.841. The van der Waals surface area contributed by atoms with Crippen molar-refractivity contribution in [2.45, 2.75) is 0 Å². The molecule has 10 heavy (non-hydrogen) atoms. The minimum absolute atomic E-state index is 0.000556. The van der Waals surface area contributed by atoms with Gasteiger partial charge in [-0.15, -0.1) is 0 Å². The van der Waals surface area contributed by atoms with E-state index < -0.39 is 16.7 Å². The first-order valence-electron chi connectivity index (χ1n) is 2.41. The molecule has 0 N–H and O–H groups in total. The van der Waals surface area contributed by atoms with E-state index in [1.165, 1.54) is 0 Å². The average Bonchev–Trinajstić information content (AvgIpc) is 1.82. The van der Waals surface area contributed by atoms with E-state index in [1.54, 1.807) is 0 Å². The molecule has 4 heteroatoms. The fourth-order valence-corrected chi connectivity index (χ4v) is 0.825. The van der Waals surface area contributed by atoms with Gasteiger partial charge in [-0.05, 0) is 12.1 Å². The zero-order chi connectivity index (χ0) is 7.72. The van der Waals surface area contributed by atoms with Gasteiger partial charge in [-0.3, -0.25) is 0 Å². The van der Waals surface area contributed by atoms with Gasteiger partial charge in [0.25, 0.3) is 0 Å². The molecule has 0 fully saturated rings. The summed E-state index contributed by atoms with van der Waals surface area (Å²) in [5.74, 6) is -1.68. The van der Waals surface area contributed by atoms with E-state index in [4.69, 9.17) is 23.2 Å². The molecule has 0 amide bonds. The lowest BCUT2D eigenvalue weighted by molar-refractivity contribution is 0.584. The molecule has 1 aromatic rings. The molecule has 0 unspecified atom stereocenters. The van der Waals surface area contributed by atoms with Crippen LogP contribution in [0, 0.1) is 11.6 Å². The summed E-state index contributed by atoms with van der Waals surface area (Å²) in [6.45, 7) is 0. The fourth-order valence-electron chi connectivity index (χ4n) is 0.525. The van der Waals surface area contributed by atoms with Crippen LogP contribution in [-0.4, -0.2) is 0 Å². The van der Waals surface area contributed by atoms with E-state index in [9.17, 15) is 8.78 Å². The second-order valence-corrected chi connectivity index (χ2v) is 2.50. The standard InChI is InChI=1S/C6H2Cl2F2/c7-3-1-4(9)6(8)5(10)2-3/h1-2H. The van der Waals surface area contributed by atoms with E-state index in [0.717, 1.165) is 12.1 Å². The van der Waals surface area contributed by atoms with Crippen molar-refractivity contribution in [1.29, 1.82) is 0 Å². The van der Waals surface area contributed by atoms with Crippen molar-refractivity contribution < 1.29 is 8.78 Å². The predicted molar refractivity (Wildman–Crippen MR) is 36.4 cm³/mol. The first kappa shape index (κ1) is 7.76. The molecule has 54 valence electrons. The van der Waals surface area contributed by atoms with Crippen LogP contribution in [0.25, 0.3) is 0 Å². The largest absolute Gasteiger partial charge is 0.205 e. The predicted octanol–water partition coefficient (Wildman–Crippen LogP) is 3.27. The van der Waals surface area contributed by atoms with Gasteiger partial charge in [-0.25, -0.2) is 8.78 Å². The highest BCUT2D eigenvalue weighted by molar-refractivity contribution is 6.33. The number of benzene rings is 1. The second kappa shape index (κ2) is 2.72. The molecule has 0 bridgehead atoms. The molecule has 0 heterocycles. The first-order chi connectivity index (χ1) is 4.61. The van der Waals surface area contributed by atoms with Gasteiger partial charge in [-0.2, -0.15) is 0 Å². The maximum absolute atomic E-state index is 12.4. The van der Waals surface area contributed by atoms with Gasteiger partial charge in [0.2, 0.25) is 0 Å². The molecule has 1 rings (SSSR count). The molecular formula is C6H2Cl2F2. The third-order valence-corrected chi connectivity index (χ3v) is 1.53. The van der Waals surface area contributed by atoms with E-state index >= 15 is 0 Å². The summed E-state index contributed by atoms with van der Waals surface area (Å²) in [6, 6.07) is 1.90. The molecule has 0 nitrogen and oxygen atoms in total. The third-order valence-electron chi connectivity index (χ3n) is 0.949. The van der Waals surface area contributed by atoms with Crippen LogP contribution in [0.5, 0.6) is 0 Å². The Morgan fingerprint density at radius 2 is 1.40 bits per heavy atom. The number of hydrogen-bond donors (Lipinski definition) is 0. The maximum atomic E-state index is 12.4. The van der Waals surface area contributed by atoms with Gasteiger partial charge in [-0.1, -0.05) is 23.2 Å². The lowest BCUT2D eigenvalue weighted by Crippen LogP contribution is -1.82. The quantitative estimate of drug-likeness (QED) is 0.427. The van der Waals surface area contributed by atoms with Crippen LogP contribution in [0.4, 0.5) is 8.78 Å². The summed E-state index contributed by atoms with van der Waals surface area (Å²) >= 11 is 10.4. The average molecular weight is 183 g/mol. The highest BCUT2D eigenvalue weighted by atomic mass is 35.5. The summed E-state index contributed by atoms with van der Waals surface area (Å²) in [6.07, 6.45) is 0. The van der Waals surface area contributed by atoms with Crippen LogP contribution in [-0.2, 0) is 0 Å². The molecule has 0 aliphatic rings. The number of hydrogen-bond acceptors (Lipinski definition) is 0. The molecule has 0 radical (unpaired) electrons. The van der Waals surface area contributed by atoms with Crippen LogP contribution in [0.15, 0.2) is 12.1 Å². The number of halogens is 4. The van der Waals surface area contributed by atoms with Gasteiger partial charge in [0, 0.05) is 5.02 Å². The van der Waals surface area contributed by atoms with Crippen molar-refractivity contribution in [1.82, 2.24) is 0 Å². The Bertz CT molecular complexity index is 237. The molecule has 0 aliphatic heterocycles. The Labute approximate surface area is 66.4 Å². The van der Waals surface area contributed by atoms with Gasteiger partial charge >= 0.3 is 0 Å². The van der Waals surface area contributed by atoms with Crippen LogP contribution < -0.4 is 0 Å². The van der Waals surface area contributed by atoms with Crippen molar-refractivity contribution in [3.8, 4) is 0 Å². The highest BCUT2D eigenvalue weighted by Crippen LogP contribution is 2.22.